The van der Waals surface area contributed by atoms with Gasteiger partial charge in [0.05, 0.1) is 24.0 Å². The van der Waals surface area contributed by atoms with Gasteiger partial charge in [-0.2, -0.15) is 0 Å². The van der Waals surface area contributed by atoms with Gasteiger partial charge in [0.2, 0.25) is 5.91 Å². The molecule has 106 valence electrons. The molecule has 2 aromatic rings. The van der Waals surface area contributed by atoms with Crippen molar-refractivity contribution in [2.75, 3.05) is 0 Å². The number of benzene rings is 1. The largest absolute Gasteiger partial charge is 0.481 e. The van der Waals surface area contributed by atoms with Crippen LogP contribution in [0, 0.1) is 6.92 Å². The van der Waals surface area contributed by atoms with Gasteiger partial charge in [0.25, 0.3) is 0 Å². The van der Waals surface area contributed by atoms with Gasteiger partial charge in [-0.25, -0.2) is 4.98 Å². The second-order valence-corrected chi connectivity index (χ2v) is 4.70. The highest BCUT2D eigenvalue weighted by atomic mass is 16.4. The molecule has 0 spiro atoms. The van der Waals surface area contributed by atoms with E-state index in [1.165, 1.54) is 0 Å². The fourth-order valence-electron chi connectivity index (χ4n) is 2.16. The number of hydrogen-bond acceptors (Lipinski definition) is 3. The third kappa shape index (κ3) is 2.96. The van der Waals surface area contributed by atoms with Gasteiger partial charge in [0, 0.05) is 13.5 Å². The standard InChI is InChI=1S/C14H17N3O3/c1-9-4-3-5-10-14(9)17(2)11(16-10)8-15-12(18)6-7-13(19)20/h3-5H,6-8H2,1-2H3,(H,15,18)(H,19,20). The van der Waals surface area contributed by atoms with Crippen LogP contribution in [-0.4, -0.2) is 26.5 Å². The van der Waals surface area contributed by atoms with Crippen molar-refractivity contribution < 1.29 is 14.7 Å². The zero-order valence-electron chi connectivity index (χ0n) is 11.5. The first kappa shape index (κ1) is 14.0. The van der Waals surface area contributed by atoms with Gasteiger partial charge < -0.3 is 15.0 Å². The lowest BCUT2D eigenvalue weighted by Crippen LogP contribution is -2.24. The number of imidazole rings is 1. The third-order valence-electron chi connectivity index (χ3n) is 3.20. The molecule has 0 aliphatic rings. The molecule has 0 aliphatic carbocycles. The topological polar surface area (TPSA) is 84.2 Å². The number of aromatic nitrogens is 2. The fraction of sp³-hybridized carbons (Fsp3) is 0.357. The monoisotopic (exact) mass is 275 g/mol. The van der Waals surface area contributed by atoms with Crippen LogP contribution >= 0.6 is 0 Å². The van der Waals surface area contributed by atoms with Crippen LogP contribution in [-0.2, 0) is 23.2 Å². The molecule has 6 nitrogen and oxygen atoms in total. The number of fused-ring (bicyclic) bond motifs is 1. The molecule has 0 unspecified atom stereocenters. The van der Waals surface area contributed by atoms with Crippen LogP contribution in [0.1, 0.15) is 24.2 Å². The van der Waals surface area contributed by atoms with E-state index in [0.717, 1.165) is 22.4 Å². The Balaban J connectivity index is 2.07. The number of aliphatic carboxylic acids is 1. The van der Waals surface area contributed by atoms with Gasteiger partial charge in [-0.1, -0.05) is 12.1 Å². The average molecular weight is 275 g/mol. The quantitative estimate of drug-likeness (QED) is 0.863. The summed E-state index contributed by atoms with van der Waals surface area (Å²) < 4.78 is 1.95. The minimum absolute atomic E-state index is 0.0156. The van der Waals surface area contributed by atoms with Gasteiger partial charge >= 0.3 is 5.97 Å². The zero-order valence-corrected chi connectivity index (χ0v) is 11.5. The van der Waals surface area contributed by atoms with Crippen molar-refractivity contribution >= 4 is 22.9 Å². The van der Waals surface area contributed by atoms with Gasteiger partial charge in [-0.15, -0.1) is 0 Å². The van der Waals surface area contributed by atoms with Crippen molar-refractivity contribution in [3.63, 3.8) is 0 Å². The molecule has 1 aromatic carbocycles. The Kier molecular flexibility index (Phi) is 4.02. The van der Waals surface area contributed by atoms with Crippen molar-refractivity contribution in [1.82, 2.24) is 14.9 Å². The lowest BCUT2D eigenvalue weighted by atomic mass is 10.2. The number of hydrogen-bond donors (Lipinski definition) is 2. The number of para-hydroxylation sites is 1. The highest BCUT2D eigenvalue weighted by Crippen LogP contribution is 2.18. The zero-order chi connectivity index (χ0) is 14.7. The van der Waals surface area contributed by atoms with E-state index in [2.05, 4.69) is 10.3 Å². The molecule has 1 aromatic heterocycles. The predicted molar refractivity (Wildman–Crippen MR) is 74.2 cm³/mol. The molecule has 0 saturated carbocycles. The molecule has 0 atom stereocenters. The van der Waals surface area contributed by atoms with Crippen LogP contribution in [0.3, 0.4) is 0 Å². The summed E-state index contributed by atoms with van der Waals surface area (Å²) in [5, 5.41) is 11.2. The normalized spacial score (nSPS) is 10.7. The number of aryl methyl sites for hydroxylation is 2. The average Bonchev–Trinajstić information content (AvgIpc) is 2.72. The van der Waals surface area contributed by atoms with Crippen LogP contribution < -0.4 is 5.32 Å². The van der Waals surface area contributed by atoms with E-state index < -0.39 is 5.97 Å². The van der Waals surface area contributed by atoms with E-state index in [1.807, 2.05) is 36.7 Å². The lowest BCUT2D eigenvalue weighted by molar-refractivity contribution is -0.138. The first-order valence-corrected chi connectivity index (χ1v) is 6.38. The molecule has 1 amide bonds. The van der Waals surface area contributed by atoms with Gasteiger partial charge in [-0.3, -0.25) is 9.59 Å². The van der Waals surface area contributed by atoms with Crippen LogP contribution in [0.4, 0.5) is 0 Å². The first-order valence-electron chi connectivity index (χ1n) is 6.38. The summed E-state index contributed by atoms with van der Waals surface area (Å²) in [5.74, 6) is -0.507. The lowest BCUT2D eigenvalue weighted by Gasteiger charge is -2.05. The second-order valence-electron chi connectivity index (χ2n) is 4.70. The second kappa shape index (κ2) is 5.73. The Morgan fingerprint density at radius 1 is 1.35 bits per heavy atom. The molecular formula is C14H17N3O3. The maximum Gasteiger partial charge on any atom is 0.303 e. The maximum absolute atomic E-state index is 11.5. The molecule has 0 aliphatic heterocycles. The number of carboxylic acid groups (broad SMARTS) is 1. The van der Waals surface area contributed by atoms with E-state index >= 15 is 0 Å². The van der Waals surface area contributed by atoms with Crippen molar-refractivity contribution in [1.29, 1.82) is 0 Å². The molecule has 0 saturated heterocycles. The Labute approximate surface area is 116 Å². The smallest absolute Gasteiger partial charge is 0.303 e. The molecule has 0 radical (unpaired) electrons. The summed E-state index contributed by atoms with van der Waals surface area (Å²) >= 11 is 0. The summed E-state index contributed by atoms with van der Waals surface area (Å²) in [6.45, 7) is 2.31. The minimum atomic E-state index is -0.974. The van der Waals surface area contributed by atoms with E-state index in [9.17, 15) is 9.59 Å². The maximum atomic E-state index is 11.5. The van der Waals surface area contributed by atoms with Crippen molar-refractivity contribution in [2.24, 2.45) is 7.05 Å². The van der Waals surface area contributed by atoms with Crippen molar-refractivity contribution in [3.8, 4) is 0 Å². The fourth-order valence-corrected chi connectivity index (χ4v) is 2.16. The molecular weight excluding hydrogens is 258 g/mol. The molecule has 0 fully saturated rings. The number of carbonyl (C=O) groups excluding carboxylic acids is 1. The number of rotatable bonds is 5. The molecule has 20 heavy (non-hydrogen) atoms. The van der Waals surface area contributed by atoms with Crippen molar-refractivity contribution in [2.45, 2.75) is 26.3 Å². The Bertz CT molecular complexity index is 661. The van der Waals surface area contributed by atoms with E-state index in [1.54, 1.807) is 0 Å². The highest BCUT2D eigenvalue weighted by Gasteiger charge is 2.11. The Hall–Kier alpha value is -2.37. The number of amides is 1. The third-order valence-corrected chi connectivity index (χ3v) is 3.20. The predicted octanol–water partition coefficient (Wildman–Crippen LogP) is 1.36. The Morgan fingerprint density at radius 3 is 2.75 bits per heavy atom. The minimum Gasteiger partial charge on any atom is -0.481 e. The molecule has 6 heteroatoms. The molecule has 2 N–H and O–H groups in total. The highest BCUT2D eigenvalue weighted by molar-refractivity contribution is 5.81. The Morgan fingerprint density at radius 2 is 2.10 bits per heavy atom. The number of nitrogens with zero attached hydrogens (tertiary/aromatic N) is 2. The molecule has 2 rings (SSSR count). The first-order chi connectivity index (χ1) is 9.49. The van der Waals surface area contributed by atoms with E-state index in [0.29, 0.717) is 6.54 Å². The summed E-state index contributed by atoms with van der Waals surface area (Å²) in [4.78, 5) is 26.4. The molecule has 0 bridgehead atoms. The number of carboxylic acids is 1. The molecule has 1 heterocycles. The SMILES string of the molecule is Cc1cccc2nc(CNC(=O)CCC(=O)O)n(C)c12. The van der Waals surface area contributed by atoms with E-state index in [-0.39, 0.29) is 18.7 Å². The van der Waals surface area contributed by atoms with Crippen LogP contribution in [0.25, 0.3) is 11.0 Å². The summed E-state index contributed by atoms with van der Waals surface area (Å²) in [6, 6.07) is 5.89. The summed E-state index contributed by atoms with van der Waals surface area (Å²) in [5.41, 5.74) is 3.06. The van der Waals surface area contributed by atoms with Gasteiger partial charge in [0.15, 0.2) is 0 Å². The van der Waals surface area contributed by atoms with Crippen LogP contribution in [0.15, 0.2) is 18.2 Å². The van der Waals surface area contributed by atoms with Crippen LogP contribution in [0.2, 0.25) is 0 Å². The van der Waals surface area contributed by atoms with Gasteiger partial charge in [0.1, 0.15) is 5.82 Å². The number of nitrogens with one attached hydrogen (secondary N) is 1. The van der Waals surface area contributed by atoms with Crippen LogP contribution in [0.5, 0.6) is 0 Å². The van der Waals surface area contributed by atoms with Crippen molar-refractivity contribution in [3.05, 3.63) is 29.6 Å². The number of carbonyl (C=O) groups is 2. The van der Waals surface area contributed by atoms with Gasteiger partial charge in [-0.05, 0) is 18.6 Å². The summed E-state index contributed by atoms with van der Waals surface area (Å²) in [6.07, 6.45) is -0.175. The summed E-state index contributed by atoms with van der Waals surface area (Å²) in [7, 11) is 1.90. The van der Waals surface area contributed by atoms with E-state index in [4.69, 9.17) is 5.11 Å².